The maximum absolute atomic E-state index is 13.7. The summed E-state index contributed by atoms with van der Waals surface area (Å²) in [5.41, 5.74) is 7.37. The molecule has 2 aromatic carbocycles. The van der Waals surface area contributed by atoms with Crippen LogP contribution in [0.15, 0.2) is 48.5 Å². The molecule has 1 unspecified atom stereocenters. The van der Waals surface area contributed by atoms with Crippen LogP contribution >= 0.6 is 0 Å². The fraction of sp³-hybridized carbons (Fsp3) is 0.188. The molecule has 0 bridgehead atoms. The number of nitrogens with zero attached hydrogens (tertiary/aromatic N) is 1. The lowest BCUT2D eigenvalue weighted by molar-refractivity contribution is 0.0738. The molecule has 0 aliphatic carbocycles. The van der Waals surface area contributed by atoms with Crippen LogP contribution in [0.4, 0.5) is 10.1 Å². The van der Waals surface area contributed by atoms with Crippen molar-refractivity contribution in [3.8, 4) is 0 Å². The van der Waals surface area contributed by atoms with Gasteiger partial charge >= 0.3 is 0 Å². The first kappa shape index (κ1) is 14.1. The van der Waals surface area contributed by atoms with Gasteiger partial charge < -0.3 is 10.6 Å². The highest BCUT2D eigenvalue weighted by atomic mass is 19.1. The molecule has 0 saturated heterocycles. The van der Waals surface area contributed by atoms with Gasteiger partial charge in [0.15, 0.2) is 0 Å². The van der Waals surface area contributed by atoms with E-state index in [1.54, 1.807) is 25.2 Å². The average molecular weight is 272 g/mol. The van der Waals surface area contributed by atoms with Gasteiger partial charge in [-0.25, -0.2) is 4.39 Å². The Hall–Kier alpha value is -2.36. The van der Waals surface area contributed by atoms with E-state index >= 15 is 0 Å². The number of hydrogen-bond acceptors (Lipinski definition) is 2. The summed E-state index contributed by atoms with van der Waals surface area (Å²) >= 11 is 0. The molecule has 1 amide bonds. The van der Waals surface area contributed by atoms with Crippen molar-refractivity contribution in [3.05, 3.63) is 65.5 Å². The monoisotopic (exact) mass is 272 g/mol. The van der Waals surface area contributed by atoms with Crippen LogP contribution in [0.1, 0.15) is 28.9 Å². The molecule has 3 nitrogen and oxygen atoms in total. The Morgan fingerprint density at radius 3 is 2.55 bits per heavy atom. The first-order valence-corrected chi connectivity index (χ1v) is 6.38. The third-order valence-electron chi connectivity index (χ3n) is 3.40. The van der Waals surface area contributed by atoms with Crippen molar-refractivity contribution in [1.29, 1.82) is 0 Å². The molecule has 2 rings (SSSR count). The largest absolute Gasteiger partial charge is 0.399 e. The van der Waals surface area contributed by atoms with E-state index in [-0.39, 0.29) is 17.5 Å². The molecule has 0 spiro atoms. The summed E-state index contributed by atoms with van der Waals surface area (Å²) in [5.74, 6) is -0.859. The Kier molecular flexibility index (Phi) is 4.03. The topological polar surface area (TPSA) is 46.3 Å². The number of nitrogens with two attached hydrogens (primary N) is 1. The third kappa shape index (κ3) is 2.79. The van der Waals surface area contributed by atoms with Crippen molar-refractivity contribution < 1.29 is 9.18 Å². The minimum atomic E-state index is -0.510. The molecule has 0 aliphatic heterocycles. The Labute approximate surface area is 117 Å². The molecule has 2 aromatic rings. The lowest BCUT2D eigenvalue weighted by atomic mass is 10.1. The lowest BCUT2D eigenvalue weighted by Crippen LogP contribution is -2.30. The normalized spacial score (nSPS) is 11.9. The zero-order valence-corrected chi connectivity index (χ0v) is 11.5. The van der Waals surface area contributed by atoms with Crippen LogP contribution in [0.25, 0.3) is 0 Å². The second-order valence-corrected chi connectivity index (χ2v) is 4.74. The smallest absolute Gasteiger partial charge is 0.257 e. The number of carbonyl (C=O) groups is 1. The minimum absolute atomic E-state index is 0.0748. The van der Waals surface area contributed by atoms with Gasteiger partial charge in [-0.15, -0.1) is 0 Å². The fourth-order valence-electron chi connectivity index (χ4n) is 2.04. The molecule has 4 heteroatoms. The summed E-state index contributed by atoms with van der Waals surface area (Å²) in [4.78, 5) is 13.8. The number of rotatable bonds is 3. The van der Waals surface area contributed by atoms with Crippen molar-refractivity contribution in [3.63, 3.8) is 0 Å². The maximum Gasteiger partial charge on any atom is 0.257 e. The van der Waals surface area contributed by atoms with Gasteiger partial charge in [0.1, 0.15) is 5.82 Å². The highest BCUT2D eigenvalue weighted by Gasteiger charge is 2.21. The molecule has 1 atom stereocenters. The first-order valence-electron chi connectivity index (χ1n) is 6.38. The Morgan fingerprint density at radius 2 is 1.90 bits per heavy atom. The number of benzene rings is 2. The number of carbonyl (C=O) groups excluding carboxylic acids is 1. The number of anilines is 1. The van der Waals surface area contributed by atoms with E-state index in [0.29, 0.717) is 5.69 Å². The van der Waals surface area contributed by atoms with E-state index in [4.69, 9.17) is 5.73 Å². The van der Waals surface area contributed by atoms with Crippen LogP contribution in [-0.4, -0.2) is 17.9 Å². The highest BCUT2D eigenvalue weighted by Crippen LogP contribution is 2.23. The quantitative estimate of drug-likeness (QED) is 0.872. The number of nitrogen functional groups attached to an aromatic ring is 1. The molecule has 0 fully saturated rings. The summed E-state index contributed by atoms with van der Waals surface area (Å²) in [6.45, 7) is 1.88. The Balaban J connectivity index is 2.25. The summed E-state index contributed by atoms with van der Waals surface area (Å²) in [6, 6.07) is 13.1. The van der Waals surface area contributed by atoms with Crippen LogP contribution < -0.4 is 5.73 Å². The summed E-state index contributed by atoms with van der Waals surface area (Å²) in [7, 11) is 1.66. The van der Waals surface area contributed by atoms with Gasteiger partial charge in [-0.05, 0) is 36.8 Å². The molecule has 0 heterocycles. The van der Waals surface area contributed by atoms with Gasteiger partial charge in [0.05, 0.1) is 11.6 Å². The highest BCUT2D eigenvalue weighted by molar-refractivity contribution is 5.94. The molecule has 20 heavy (non-hydrogen) atoms. The Morgan fingerprint density at radius 1 is 1.20 bits per heavy atom. The van der Waals surface area contributed by atoms with Crippen LogP contribution in [0.3, 0.4) is 0 Å². The van der Waals surface area contributed by atoms with Crippen LogP contribution in [0.5, 0.6) is 0 Å². The molecule has 0 aromatic heterocycles. The molecule has 2 N–H and O–H groups in total. The average Bonchev–Trinajstić information content (AvgIpc) is 2.45. The van der Waals surface area contributed by atoms with Gasteiger partial charge in [0, 0.05) is 12.7 Å². The SMILES string of the molecule is CC(c1cccc(N)c1)N(C)C(=O)c1ccccc1F. The van der Waals surface area contributed by atoms with Gasteiger partial charge in [-0.1, -0.05) is 24.3 Å². The van der Waals surface area contributed by atoms with Gasteiger partial charge in [0.25, 0.3) is 5.91 Å². The van der Waals surface area contributed by atoms with Crippen molar-refractivity contribution in [2.45, 2.75) is 13.0 Å². The number of halogens is 1. The van der Waals surface area contributed by atoms with Gasteiger partial charge in [-0.2, -0.15) is 0 Å². The third-order valence-corrected chi connectivity index (χ3v) is 3.40. The van der Waals surface area contributed by atoms with Crippen LogP contribution in [0.2, 0.25) is 0 Å². The molecule has 0 saturated carbocycles. The predicted octanol–water partition coefficient (Wildman–Crippen LogP) is 3.24. The standard InChI is InChI=1S/C16H17FN2O/c1-11(12-6-5-7-13(18)10-12)19(2)16(20)14-8-3-4-9-15(14)17/h3-11H,18H2,1-2H3. The summed E-state index contributed by atoms with van der Waals surface area (Å²) in [6.07, 6.45) is 0. The van der Waals surface area contributed by atoms with Crippen molar-refractivity contribution >= 4 is 11.6 Å². The zero-order chi connectivity index (χ0) is 14.7. The molecule has 0 radical (unpaired) electrons. The Bertz CT molecular complexity index is 627. The molecular formula is C16H17FN2O. The number of hydrogen-bond donors (Lipinski definition) is 1. The van der Waals surface area contributed by atoms with Crippen molar-refractivity contribution in [1.82, 2.24) is 4.90 Å². The lowest BCUT2D eigenvalue weighted by Gasteiger charge is -2.25. The van der Waals surface area contributed by atoms with Gasteiger partial charge in [0.2, 0.25) is 0 Å². The van der Waals surface area contributed by atoms with Crippen LogP contribution in [-0.2, 0) is 0 Å². The van der Waals surface area contributed by atoms with Crippen molar-refractivity contribution in [2.75, 3.05) is 12.8 Å². The van der Waals surface area contributed by atoms with Gasteiger partial charge in [-0.3, -0.25) is 4.79 Å². The molecule has 0 aliphatic rings. The minimum Gasteiger partial charge on any atom is -0.399 e. The zero-order valence-electron chi connectivity index (χ0n) is 11.5. The summed E-state index contributed by atoms with van der Waals surface area (Å²) < 4.78 is 13.7. The van der Waals surface area contributed by atoms with E-state index in [2.05, 4.69) is 0 Å². The van der Waals surface area contributed by atoms with E-state index in [0.717, 1.165) is 5.56 Å². The van der Waals surface area contributed by atoms with Crippen LogP contribution in [0, 0.1) is 5.82 Å². The fourth-order valence-corrected chi connectivity index (χ4v) is 2.04. The number of amides is 1. The maximum atomic E-state index is 13.7. The van der Waals surface area contributed by atoms with E-state index in [9.17, 15) is 9.18 Å². The second-order valence-electron chi connectivity index (χ2n) is 4.74. The summed E-state index contributed by atoms with van der Waals surface area (Å²) in [5, 5.41) is 0. The van der Waals surface area contributed by atoms with E-state index in [1.807, 2.05) is 25.1 Å². The predicted molar refractivity (Wildman–Crippen MR) is 77.8 cm³/mol. The second kappa shape index (κ2) is 5.74. The van der Waals surface area contributed by atoms with E-state index in [1.165, 1.54) is 17.0 Å². The molecule has 104 valence electrons. The van der Waals surface area contributed by atoms with E-state index < -0.39 is 5.82 Å². The molecular weight excluding hydrogens is 255 g/mol. The van der Waals surface area contributed by atoms with Crippen molar-refractivity contribution in [2.24, 2.45) is 0 Å². The first-order chi connectivity index (χ1) is 9.50.